The van der Waals surface area contributed by atoms with Crippen LogP contribution in [0.1, 0.15) is 29.2 Å². The zero-order valence-electron chi connectivity index (χ0n) is 10.1. The smallest absolute Gasteiger partial charge is 0.226 e. The number of benzene rings is 1. The molecule has 19 heavy (non-hydrogen) atoms. The Hall–Kier alpha value is -2.24. The van der Waals surface area contributed by atoms with Crippen molar-refractivity contribution >= 4 is 11.7 Å². The predicted octanol–water partition coefficient (Wildman–Crippen LogP) is 2.47. The number of fused-ring (bicyclic) bond motifs is 1. The average molecular weight is 263 g/mol. The van der Waals surface area contributed by atoms with Crippen LogP contribution in [0.4, 0.5) is 14.6 Å². The number of H-pyrrole nitrogens is 1. The van der Waals surface area contributed by atoms with Gasteiger partial charge in [0.1, 0.15) is 11.6 Å². The Bertz CT molecular complexity index is 666. The van der Waals surface area contributed by atoms with Crippen molar-refractivity contribution in [3.05, 3.63) is 46.7 Å². The number of hydrogen-bond acceptors (Lipinski definition) is 2. The van der Waals surface area contributed by atoms with Crippen LogP contribution in [0.3, 0.4) is 0 Å². The molecule has 1 atom stereocenters. The molecule has 0 unspecified atom stereocenters. The second-order valence-corrected chi connectivity index (χ2v) is 4.58. The summed E-state index contributed by atoms with van der Waals surface area (Å²) in [5.41, 5.74) is 1.83. The summed E-state index contributed by atoms with van der Waals surface area (Å²) in [4.78, 5) is 11.6. The normalized spacial score (nSPS) is 18.1. The third-order valence-corrected chi connectivity index (χ3v) is 3.33. The molecule has 1 aliphatic rings. The highest BCUT2D eigenvalue weighted by atomic mass is 19.1. The molecule has 4 nitrogen and oxygen atoms in total. The molecule has 0 saturated heterocycles. The number of anilines is 1. The van der Waals surface area contributed by atoms with E-state index in [0.29, 0.717) is 11.4 Å². The number of carbonyl (C=O) groups excluding carboxylic acids is 1. The van der Waals surface area contributed by atoms with Gasteiger partial charge in [0, 0.05) is 29.7 Å². The van der Waals surface area contributed by atoms with Gasteiger partial charge in [0.15, 0.2) is 5.82 Å². The molecule has 2 aromatic rings. The Labute approximate surface area is 107 Å². The molecule has 1 aliphatic heterocycles. The number of carbonyl (C=O) groups is 1. The van der Waals surface area contributed by atoms with E-state index in [1.807, 2.05) is 0 Å². The van der Waals surface area contributed by atoms with Crippen molar-refractivity contribution in [2.45, 2.75) is 19.3 Å². The fourth-order valence-corrected chi connectivity index (χ4v) is 2.48. The first-order valence-corrected chi connectivity index (χ1v) is 5.86. The lowest BCUT2D eigenvalue weighted by Crippen LogP contribution is -2.24. The Morgan fingerprint density at radius 3 is 2.89 bits per heavy atom. The van der Waals surface area contributed by atoms with E-state index in [0.717, 1.165) is 17.3 Å². The first-order chi connectivity index (χ1) is 9.06. The predicted molar refractivity (Wildman–Crippen MR) is 64.8 cm³/mol. The molecular weight excluding hydrogens is 252 g/mol. The number of nitrogens with zero attached hydrogens (tertiary/aromatic N) is 1. The van der Waals surface area contributed by atoms with Crippen LogP contribution >= 0.6 is 0 Å². The summed E-state index contributed by atoms with van der Waals surface area (Å²) in [6.07, 6.45) is 0.121. The van der Waals surface area contributed by atoms with Crippen molar-refractivity contribution in [2.24, 2.45) is 0 Å². The number of nitrogens with one attached hydrogen (secondary N) is 2. The van der Waals surface area contributed by atoms with Gasteiger partial charge in [0.25, 0.3) is 0 Å². The molecule has 98 valence electrons. The molecule has 1 aromatic heterocycles. The third kappa shape index (κ3) is 1.89. The number of halogens is 2. The minimum absolute atomic E-state index is 0.121. The van der Waals surface area contributed by atoms with Gasteiger partial charge in [0.05, 0.1) is 0 Å². The van der Waals surface area contributed by atoms with Gasteiger partial charge in [-0.1, -0.05) is 6.07 Å². The lowest BCUT2D eigenvalue weighted by atomic mass is 9.85. The summed E-state index contributed by atoms with van der Waals surface area (Å²) in [6.45, 7) is 1.80. The lowest BCUT2D eigenvalue weighted by Gasteiger charge is -2.23. The quantitative estimate of drug-likeness (QED) is 0.830. The van der Waals surface area contributed by atoms with Crippen molar-refractivity contribution in [1.29, 1.82) is 0 Å². The highest BCUT2D eigenvalue weighted by Crippen LogP contribution is 2.38. The first-order valence-electron chi connectivity index (χ1n) is 5.86. The minimum Gasteiger partial charge on any atom is -0.309 e. The van der Waals surface area contributed by atoms with Crippen LogP contribution < -0.4 is 5.32 Å². The van der Waals surface area contributed by atoms with Gasteiger partial charge in [-0.15, -0.1) is 0 Å². The second kappa shape index (κ2) is 4.15. The van der Waals surface area contributed by atoms with Crippen molar-refractivity contribution in [3.8, 4) is 0 Å². The van der Waals surface area contributed by atoms with Crippen LogP contribution in [0, 0.1) is 18.6 Å². The number of amides is 1. The SMILES string of the molecule is Cc1[nH]nc2c1[C@H](c1ccc(F)cc1F)CC(=O)N2. The number of aromatic nitrogens is 2. The van der Waals surface area contributed by atoms with Gasteiger partial charge in [0.2, 0.25) is 5.91 Å². The maximum atomic E-state index is 13.9. The van der Waals surface area contributed by atoms with Crippen LogP contribution in [-0.2, 0) is 4.79 Å². The van der Waals surface area contributed by atoms with Gasteiger partial charge in [-0.25, -0.2) is 8.78 Å². The van der Waals surface area contributed by atoms with E-state index in [4.69, 9.17) is 0 Å². The summed E-state index contributed by atoms with van der Waals surface area (Å²) in [5.74, 6) is -1.53. The maximum Gasteiger partial charge on any atom is 0.226 e. The Morgan fingerprint density at radius 1 is 1.37 bits per heavy atom. The molecule has 0 saturated carbocycles. The van der Waals surface area contributed by atoms with E-state index in [9.17, 15) is 13.6 Å². The van der Waals surface area contributed by atoms with E-state index >= 15 is 0 Å². The molecule has 1 aromatic carbocycles. The number of rotatable bonds is 1. The van der Waals surface area contributed by atoms with Crippen molar-refractivity contribution < 1.29 is 13.6 Å². The molecule has 0 aliphatic carbocycles. The summed E-state index contributed by atoms with van der Waals surface area (Å²) in [5, 5.41) is 9.38. The Kier molecular flexibility index (Phi) is 2.58. The van der Waals surface area contributed by atoms with Gasteiger partial charge >= 0.3 is 0 Å². The molecule has 0 fully saturated rings. The maximum absolute atomic E-state index is 13.9. The van der Waals surface area contributed by atoms with Gasteiger partial charge in [-0.05, 0) is 18.6 Å². The van der Waals surface area contributed by atoms with E-state index < -0.39 is 17.6 Å². The number of aryl methyl sites for hydroxylation is 1. The van der Waals surface area contributed by atoms with Gasteiger partial charge in [-0.2, -0.15) is 5.10 Å². The zero-order chi connectivity index (χ0) is 13.6. The van der Waals surface area contributed by atoms with E-state index in [2.05, 4.69) is 15.5 Å². The molecule has 1 amide bonds. The van der Waals surface area contributed by atoms with Crippen LogP contribution in [0.25, 0.3) is 0 Å². The molecular formula is C13H11F2N3O. The Balaban J connectivity index is 2.14. The van der Waals surface area contributed by atoms with Crippen LogP contribution in [0.2, 0.25) is 0 Å². The fourth-order valence-electron chi connectivity index (χ4n) is 2.48. The van der Waals surface area contributed by atoms with E-state index in [1.165, 1.54) is 12.1 Å². The third-order valence-electron chi connectivity index (χ3n) is 3.33. The Morgan fingerprint density at radius 2 is 2.16 bits per heavy atom. The minimum atomic E-state index is -0.647. The largest absolute Gasteiger partial charge is 0.309 e. The highest BCUT2D eigenvalue weighted by Gasteiger charge is 2.31. The fraction of sp³-hybridized carbons (Fsp3) is 0.231. The van der Waals surface area contributed by atoms with Crippen LogP contribution in [0.15, 0.2) is 18.2 Å². The van der Waals surface area contributed by atoms with Crippen LogP contribution in [0.5, 0.6) is 0 Å². The lowest BCUT2D eigenvalue weighted by molar-refractivity contribution is -0.116. The van der Waals surface area contributed by atoms with Crippen molar-refractivity contribution in [3.63, 3.8) is 0 Å². The first kappa shape index (κ1) is 11.8. The summed E-state index contributed by atoms with van der Waals surface area (Å²) >= 11 is 0. The summed E-state index contributed by atoms with van der Waals surface area (Å²) < 4.78 is 26.9. The number of aromatic amines is 1. The molecule has 2 N–H and O–H groups in total. The van der Waals surface area contributed by atoms with Gasteiger partial charge in [-0.3, -0.25) is 9.89 Å². The summed E-state index contributed by atoms with van der Waals surface area (Å²) in [7, 11) is 0. The topological polar surface area (TPSA) is 57.8 Å². The van der Waals surface area contributed by atoms with E-state index in [1.54, 1.807) is 6.92 Å². The van der Waals surface area contributed by atoms with E-state index in [-0.39, 0.29) is 12.3 Å². The van der Waals surface area contributed by atoms with Crippen molar-refractivity contribution in [2.75, 3.05) is 5.32 Å². The number of hydrogen-bond donors (Lipinski definition) is 2. The molecule has 3 rings (SSSR count). The van der Waals surface area contributed by atoms with Crippen LogP contribution in [-0.4, -0.2) is 16.1 Å². The second-order valence-electron chi connectivity index (χ2n) is 4.58. The molecule has 0 spiro atoms. The molecule has 6 heteroatoms. The zero-order valence-corrected chi connectivity index (χ0v) is 10.1. The highest BCUT2D eigenvalue weighted by molar-refractivity contribution is 5.94. The van der Waals surface area contributed by atoms with Crippen molar-refractivity contribution in [1.82, 2.24) is 10.2 Å². The molecule has 2 heterocycles. The average Bonchev–Trinajstić information content (AvgIpc) is 2.70. The standard InChI is InChI=1S/C13H11F2N3O/c1-6-12-9(5-11(19)16-13(12)18-17-6)8-3-2-7(14)4-10(8)15/h2-4,9H,5H2,1H3,(H2,16,17,18,19)/t9-/m0/s1. The monoisotopic (exact) mass is 263 g/mol. The van der Waals surface area contributed by atoms with Gasteiger partial charge < -0.3 is 5.32 Å². The molecule has 0 radical (unpaired) electrons. The summed E-state index contributed by atoms with van der Waals surface area (Å²) in [6, 6.07) is 3.40. The molecule has 0 bridgehead atoms.